The van der Waals surface area contributed by atoms with Gasteiger partial charge in [0, 0.05) is 6.04 Å². The van der Waals surface area contributed by atoms with Gasteiger partial charge in [-0.25, -0.2) is 0 Å². The summed E-state index contributed by atoms with van der Waals surface area (Å²) in [6, 6.07) is 18.4. The van der Waals surface area contributed by atoms with Crippen LogP contribution in [-0.4, -0.2) is 43.2 Å². The summed E-state index contributed by atoms with van der Waals surface area (Å²) >= 11 is 0. The number of hydrogen-bond acceptors (Lipinski definition) is 4. The largest absolute Gasteiger partial charge is 0.486 e. The van der Waals surface area contributed by atoms with Crippen LogP contribution in [0.15, 0.2) is 54.6 Å². The number of likely N-dealkylation sites (tertiary alicyclic amines) is 1. The molecule has 1 N–H and O–H groups in total. The van der Waals surface area contributed by atoms with Crippen LogP contribution < -0.4 is 14.8 Å². The standard InChI is InChI=1S/C21H24N2O3/c24-21(14-23-12-6-9-18(23)16-7-2-1-3-8-16)22-13-17-15-25-19-10-4-5-11-20(19)26-17/h1-5,7-8,10-11,17-18H,6,9,12-15H2,(H,22,24)/t17-,18-/m0/s1. The molecule has 2 aliphatic rings. The van der Waals surface area contributed by atoms with E-state index in [1.165, 1.54) is 5.56 Å². The lowest BCUT2D eigenvalue weighted by molar-refractivity contribution is -0.123. The quantitative estimate of drug-likeness (QED) is 0.899. The van der Waals surface area contributed by atoms with Crippen LogP contribution in [0.3, 0.4) is 0 Å². The minimum absolute atomic E-state index is 0.0373. The second kappa shape index (κ2) is 7.79. The van der Waals surface area contributed by atoms with Gasteiger partial charge in [-0.15, -0.1) is 0 Å². The molecule has 1 amide bonds. The normalized spacial score (nSPS) is 22.2. The smallest absolute Gasteiger partial charge is 0.234 e. The van der Waals surface area contributed by atoms with Gasteiger partial charge >= 0.3 is 0 Å². The van der Waals surface area contributed by atoms with Crippen molar-refractivity contribution in [2.75, 3.05) is 26.2 Å². The SMILES string of the molecule is O=C(CN1CCC[C@H]1c1ccccc1)NC[C@H]1COc2ccccc2O1. The van der Waals surface area contributed by atoms with Crippen LogP contribution >= 0.6 is 0 Å². The van der Waals surface area contributed by atoms with Crippen LogP contribution in [0.1, 0.15) is 24.4 Å². The summed E-state index contributed by atoms with van der Waals surface area (Å²) in [5, 5.41) is 3.00. The van der Waals surface area contributed by atoms with Gasteiger partial charge in [0.1, 0.15) is 12.7 Å². The van der Waals surface area contributed by atoms with Crippen LogP contribution in [0.5, 0.6) is 11.5 Å². The Bertz CT molecular complexity index is 750. The maximum atomic E-state index is 12.4. The fraction of sp³-hybridized carbons (Fsp3) is 0.381. The first-order chi connectivity index (χ1) is 12.8. The third-order valence-corrected chi connectivity index (χ3v) is 4.99. The molecule has 0 radical (unpaired) electrons. The molecule has 0 saturated carbocycles. The van der Waals surface area contributed by atoms with Crippen molar-refractivity contribution < 1.29 is 14.3 Å². The zero-order valence-electron chi connectivity index (χ0n) is 14.8. The van der Waals surface area contributed by atoms with E-state index in [0.29, 0.717) is 25.7 Å². The van der Waals surface area contributed by atoms with E-state index in [4.69, 9.17) is 9.47 Å². The average Bonchev–Trinajstić information content (AvgIpc) is 3.15. The lowest BCUT2D eigenvalue weighted by atomic mass is 10.0. The minimum atomic E-state index is -0.155. The number of nitrogens with one attached hydrogen (secondary N) is 1. The van der Waals surface area contributed by atoms with E-state index in [2.05, 4.69) is 34.5 Å². The lowest BCUT2D eigenvalue weighted by Gasteiger charge is -2.27. The Balaban J connectivity index is 1.28. The van der Waals surface area contributed by atoms with Gasteiger partial charge in [-0.05, 0) is 37.1 Å². The van der Waals surface area contributed by atoms with Gasteiger partial charge in [0.25, 0.3) is 0 Å². The van der Waals surface area contributed by atoms with E-state index < -0.39 is 0 Å². The average molecular weight is 352 g/mol. The first kappa shape index (κ1) is 16.9. The summed E-state index contributed by atoms with van der Waals surface area (Å²) in [6.45, 7) is 2.29. The Morgan fingerprint density at radius 3 is 2.69 bits per heavy atom. The van der Waals surface area contributed by atoms with E-state index >= 15 is 0 Å². The van der Waals surface area contributed by atoms with Crippen LogP contribution in [0.2, 0.25) is 0 Å². The summed E-state index contributed by atoms with van der Waals surface area (Å²) in [6.07, 6.45) is 2.08. The Morgan fingerprint density at radius 1 is 1.08 bits per heavy atom. The van der Waals surface area contributed by atoms with Gasteiger partial charge in [0.05, 0.1) is 13.1 Å². The molecule has 2 aromatic carbocycles. The first-order valence-corrected chi connectivity index (χ1v) is 9.24. The van der Waals surface area contributed by atoms with Crippen molar-refractivity contribution in [2.45, 2.75) is 25.0 Å². The fourth-order valence-electron chi connectivity index (χ4n) is 3.70. The molecule has 2 aromatic rings. The molecule has 2 aliphatic heterocycles. The summed E-state index contributed by atoms with van der Waals surface area (Å²) in [5.74, 6) is 1.54. The number of fused-ring (bicyclic) bond motifs is 1. The van der Waals surface area contributed by atoms with Crippen molar-refractivity contribution in [3.8, 4) is 11.5 Å². The van der Waals surface area contributed by atoms with E-state index in [1.54, 1.807) is 0 Å². The van der Waals surface area contributed by atoms with E-state index in [9.17, 15) is 4.79 Å². The molecule has 136 valence electrons. The van der Waals surface area contributed by atoms with E-state index in [-0.39, 0.29) is 12.0 Å². The third-order valence-electron chi connectivity index (χ3n) is 4.99. The number of carbonyl (C=O) groups excluding carboxylic acids is 1. The molecule has 2 atom stereocenters. The van der Waals surface area contributed by atoms with Gasteiger partial charge in [-0.3, -0.25) is 9.69 Å². The number of ether oxygens (including phenoxy) is 2. The monoisotopic (exact) mass is 352 g/mol. The molecule has 0 aliphatic carbocycles. The first-order valence-electron chi connectivity index (χ1n) is 9.24. The van der Waals surface area contributed by atoms with E-state index in [1.807, 2.05) is 30.3 Å². The highest BCUT2D eigenvalue weighted by atomic mass is 16.6. The van der Waals surface area contributed by atoms with Gasteiger partial charge in [-0.1, -0.05) is 42.5 Å². The van der Waals surface area contributed by atoms with Gasteiger partial charge < -0.3 is 14.8 Å². The van der Waals surface area contributed by atoms with Crippen molar-refractivity contribution >= 4 is 5.91 Å². The molecule has 0 spiro atoms. The number of carbonyl (C=O) groups is 1. The number of benzene rings is 2. The predicted molar refractivity (Wildman–Crippen MR) is 99.4 cm³/mol. The van der Waals surface area contributed by atoms with Gasteiger partial charge in [0.15, 0.2) is 11.5 Å². The molecular formula is C21H24N2O3. The predicted octanol–water partition coefficient (Wildman–Crippen LogP) is 2.78. The van der Waals surface area contributed by atoms with Gasteiger partial charge in [0.2, 0.25) is 5.91 Å². The molecule has 2 heterocycles. The van der Waals surface area contributed by atoms with Crippen LogP contribution in [0.4, 0.5) is 0 Å². The Hall–Kier alpha value is -2.53. The highest BCUT2D eigenvalue weighted by Gasteiger charge is 2.28. The number of para-hydroxylation sites is 2. The van der Waals surface area contributed by atoms with Crippen LogP contribution in [-0.2, 0) is 4.79 Å². The zero-order valence-corrected chi connectivity index (χ0v) is 14.8. The molecule has 1 saturated heterocycles. The highest BCUT2D eigenvalue weighted by molar-refractivity contribution is 5.78. The topological polar surface area (TPSA) is 50.8 Å². The van der Waals surface area contributed by atoms with Crippen molar-refractivity contribution in [2.24, 2.45) is 0 Å². The highest BCUT2D eigenvalue weighted by Crippen LogP contribution is 2.32. The Morgan fingerprint density at radius 2 is 1.85 bits per heavy atom. The Labute approximate surface area is 153 Å². The van der Waals surface area contributed by atoms with Crippen LogP contribution in [0.25, 0.3) is 0 Å². The van der Waals surface area contributed by atoms with Crippen molar-refractivity contribution in [3.05, 3.63) is 60.2 Å². The molecule has 5 nitrogen and oxygen atoms in total. The molecular weight excluding hydrogens is 328 g/mol. The molecule has 1 fully saturated rings. The van der Waals surface area contributed by atoms with E-state index in [0.717, 1.165) is 30.9 Å². The second-order valence-corrected chi connectivity index (χ2v) is 6.84. The number of hydrogen-bond donors (Lipinski definition) is 1. The summed E-state index contributed by atoms with van der Waals surface area (Å²) in [4.78, 5) is 14.7. The number of nitrogens with zero attached hydrogens (tertiary/aromatic N) is 1. The molecule has 0 aromatic heterocycles. The minimum Gasteiger partial charge on any atom is -0.486 e. The van der Waals surface area contributed by atoms with Gasteiger partial charge in [-0.2, -0.15) is 0 Å². The molecule has 0 unspecified atom stereocenters. The number of rotatable bonds is 5. The lowest BCUT2D eigenvalue weighted by Crippen LogP contribution is -2.44. The van der Waals surface area contributed by atoms with Crippen LogP contribution in [0, 0.1) is 0 Å². The summed E-state index contributed by atoms with van der Waals surface area (Å²) < 4.78 is 11.6. The van der Waals surface area contributed by atoms with Crippen molar-refractivity contribution in [1.82, 2.24) is 10.2 Å². The second-order valence-electron chi connectivity index (χ2n) is 6.84. The fourth-order valence-corrected chi connectivity index (χ4v) is 3.70. The number of amides is 1. The molecule has 4 rings (SSSR count). The summed E-state index contributed by atoms with van der Waals surface area (Å²) in [7, 11) is 0. The maximum absolute atomic E-state index is 12.4. The maximum Gasteiger partial charge on any atom is 0.234 e. The van der Waals surface area contributed by atoms with Crippen molar-refractivity contribution in [3.63, 3.8) is 0 Å². The summed E-state index contributed by atoms with van der Waals surface area (Å²) in [5.41, 5.74) is 1.29. The molecule has 0 bridgehead atoms. The molecule has 26 heavy (non-hydrogen) atoms. The molecule has 5 heteroatoms. The van der Waals surface area contributed by atoms with Crippen molar-refractivity contribution in [1.29, 1.82) is 0 Å². The third kappa shape index (κ3) is 3.83. The zero-order chi connectivity index (χ0) is 17.8. The Kier molecular flexibility index (Phi) is 5.07.